The van der Waals surface area contributed by atoms with E-state index in [9.17, 15) is 14.7 Å². The van der Waals surface area contributed by atoms with E-state index in [0.717, 1.165) is 12.8 Å². The van der Waals surface area contributed by atoms with Gasteiger partial charge in [0.15, 0.2) is 6.29 Å². The number of carbonyl (C=O) groups excluding carboxylic acids is 2. The molecule has 0 bridgehead atoms. The van der Waals surface area contributed by atoms with Gasteiger partial charge < -0.3 is 19.3 Å². The van der Waals surface area contributed by atoms with Crippen LogP contribution in [0.4, 0.5) is 0 Å². The number of phenols is 1. The minimum Gasteiger partial charge on any atom is -0.508 e. The highest BCUT2D eigenvalue weighted by molar-refractivity contribution is 5.92. The van der Waals surface area contributed by atoms with E-state index in [0.29, 0.717) is 6.61 Å². The topological polar surface area (TPSA) is 82.1 Å². The highest BCUT2D eigenvalue weighted by atomic mass is 16.7. The average molecular weight is 322 g/mol. The molecule has 1 aromatic carbocycles. The number of hydrogen-bond donors (Lipinski definition) is 1. The molecule has 1 unspecified atom stereocenters. The van der Waals surface area contributed by atoms with E-state index in [4.69, 9.17) is 14.2 Å². The van der Waals surface area contributed by atoms with Crippen LogP contribution in [0.5, 0.6) is 11.5 Å². The first-order valence-electron chi connectivity index (χ1n) is 7.37. The molecule has 0 spiro atoms. The van der Waals surface area contributed by atoms with E-state index < -0.39 is 18.2 Å². The van der Waals surface area contributed by atoms with Crippen LogP contribution < -0.4 is 4.74 Å². The van der Waals surface area contributed by atoms with Crippen LogP contribution in [0.2, 0.25) is 0 Å². The first-order valence-corrected chi connectivity index (χ1v) is 7.37. The maximum atomic E-state index is 12.0. The van der Waals surface area contributed by atoms with Crippen molar-refractivity contribution in [3.8, 4) is 11.5 Å². The Morgan fingerprint density at radius 2 is 2.00 bits per heavy atom. The van der Waals surface area contributed by atoms with Crippen LogP contribution in [0.1, 0.15) is 44.0 Å². The third-order valence-electron chi connectivity index (χ3n) is 2.81. The van der Waals surface area contributed by atoms with Crippen molar-refractivity contribution in [2.45, 2.75) is 39.9 Å². The molecule has 0 aliphatic heterocycles. The number of phenolic OH excluding ortho intramolecular Hbond substituents is 1. The van der Waals surface area contributed by atoms with E-state index in [1.165, 1.54) is 25.1 Å². The summed E-state index contributed by atoms with van der Waals surface area (Å²) >= 11 is 0. The largest absolute Gasteiger partial charge is 0.508 e. The Morgan fingerprint density at radius 1 is 1.30 bits per heavy atom. The number of ether oxygens (including phenoxy) is 3. The SMILES string of the molecule is C=C(C)C(=O)Oc1cc(O)cc(C(=O)OC(C)OCCCC)c1. The van der Waals surface area contributed by atoms with Crippen molar-refractivity contribution in [2.24, 2.45) is 0 Å². The van der Waals surface area contributed by atoms with E-state index in [2.05, 4.69) is 6.58 Å². The second kappa shape index (κ2) is 8.95. The molecule has 126 valence electrons. The predicted octanol–water partition coefficient (Wildman–Crippen LogP) is 3.19. The lowest BCUT2D eigenvalue weighted by molar-refractivity contribution is -0.130. The highest BCUT2D eigenvalue weighted by Crippen LogP contribution is 2.23. The van der Waals surface area contributed by atoms with Crippen LogP contribution in [0.15, 0.2) is 30.4 Å². The zero-order valence-electron chi connectivity index (χ0n) is 13.6. The summed E-state index contributed by atoms with van der Waals surface area (Å²) in [6, 6.07) is 3.75. The molecule has 1 N–H and O–H groups in total. The number of esters is 2. The third kappa shape index (κ3) is 6.52. The molecular weight excluding hydrogens is 300 g/mol. The van der Waals surface area contributed by atoms with E-state index in [1.807, 2.05) is 6.92 Å². The van der Waals surface area contributed by atoms with E-state index in [1.54, 1.807) is 6.92 Å². The second-order valence-electron chi connectivity index (χ2n) is 5.08. The van der Waals surface area contributed by atoms with Crippen molar-refractivity contribution >= 4 is 11.9 Å². The molecule has 1 atom stereocenters. The fraction of sp³-hybridized carbons (Fsp3) is 0.412. The van der Waals surface area contributed by atoms with Gasteiger partial charge in [-0.25, -0.2) is 9.59 Å². The van der Waals surface area contributed by atoms with Gasteiger partial charge in [0.25, 0.3) is 0 Å². The van der Waals surface area contributed by atoms with Crippen molar-refractivity contribution in [1.29, 1.82) is 0 Å². The van der Waals surface area contributed by atoms with Crippen molar-refractivity contribution < 1.29 is 28.9 Å². The van der Waals surface area contributed by atoms with Crippen molar-refractivity contribution in [1.82, 2.24) is 0 Å². The summed E-state index contributed by atoms with van der Waals surface area (Å²) in [4.78, 5) is 23.5. The normalized spacial score (nSPS) is 11.6. The molecule has 0 heterocycles. The summed E-state index contributed by atoms with van der Waals surface area (Å²) < 4.78 is 15.4. The van der Waals surface area contributed by atoms with Gasteiger partial charge in [-0.15, -0.1) is 0 Å². The summed E-state index contributed by atoms with van der Waals surface area (Å²) in [6.45, 7) is 9.09. The standard InChI is InChI=1S/C17H22O6/c1-5-6-7-21-12(4)22-17(20)13-8-14(18)10-15(9-13)23-16(19)11(2)3/h8-10,12,18H,2,5-7H2,1,3-4H3. The Kier molecular flexibility index (Phi) is 7.28. The lowest BCUT2D eigenvalue weighted by Crippen LogP contribution is -2.19. The van der Waals surface area contributed by atoms with Crippen molar-refractivity contribution in [3.63, 3.8) is 0 Å². The van der Waals surface area contributed by atoms with Gasteiger partial charge in [0, 0.05) is 11.6 Å². The van der Waals surface area contributed by atoms with Crippen LogP contribution in [0.3, 0.4) is 0 Å². The molecule has 1 aromatic rings. The maximum Gasteiger partial charge on any atom is 0.340 e. The second-order valence-corrected chi connectivity index (χ2v) is 5.08. The molecule has 0 fully saturated rings. The fourth-order valence-corrected chi connectivity index (χ4v) is 1.60. The summed E-state index contributed by atoms with van der Waals surface area (Å²) in [5.41, 5.74) is 0.260. The highest BCUT2D eigenvalue weighted by Gasteiger charge is 2.16. The molecule has 0 amide bonds. The Morgan fingerprint density at radius 3 is 2.61 bits per heavy atom. The van der Waals surface area contributed by atoms with Crippen LogP contribution in [-0.4, -0.2) is 29.9 Å². The summed E-state index contributed by atoms with van der Waals surface area (Å²) in [5.74, 6) is -1.52. The van der Waals surface area contributed by atoms with Crippen LogP contribution >= 0.6 is 0 Å². The zero-order chi connectivity index (χ0) is 17.4. The Bertz CT molecular complexity index is 578. The fourth-order valence-electron chi connectivity index (χ4n) is 1.60. The molecule has 6 heteroatoms. The molecule has 6 nitrogen and oxygen atoms in total. The third-order valence-corrected chi connectivity index (χ3v) is 2.81. The van der Waals surface area contributed by atoms with Crippen LogP contribution in [0.25, 0.3) is 0 Å². The number of carbonyl (C=O) groups is 2. The molecule has 23 heavy (non-hydrogen) atoms. The van der Waals surface area contributed by atoms with Gasteiger partial charge in [-0.2, -0.15) is 0 Å². The Balaban J connectivity index is 2.75. The van der Waals surface area contributed by atoms with Crippen molar-refractivity contribution in [3.05, 3.63) is 35.9 Å². The number of aromatic hydroxyl groups is 1. The Hall–Kier alpha value is -2.34. The molecule has 0 radical (unpaired) electrons. The zero-order valence-corrected chi connectivity index (χ0v) is 13.6. The van der Waals surface area contributed by atoms with Gasteiger partial charge in [-0.3, -0.25) is 0 Å². The molecule has 0 aliphatic carbocycles. The predicted molar refractivity (Wildman–Crippen MR) is 84.3 cm³/mol. The number of unbranched alkanes of at least 4 members (excludes halogenated alkanes) is 1. The average Bonchev–Trinajstić information content (AvgIpc) is 2.46. The van der Waals surface area contributed by atoms with Gasteiger partial charge >= 0.3 is 11.9 Å². The molecule has 0 aliphatic rings. The monoisotopic (exact) mass is 322 g/mol. The van der Waals surface area contributed by atoms with Gasteiger partial charge in [0.2, 0.25) is 0 Å². The van der Waals surface area contributed by atoms with E-state index in [-0.39, 0.29) is 22.6 Å². The smallest absolute Gasteiger partial charge is 0.340 e. The summed E-state index contributed by atoms with van der Waals surface area (Å²) in [5, 5.41) is 9.65. The van der Waals surface area contributed by atoms with Gasteiger partial charge in [0.1, 0.15) is 11.5 Å². The molecular formula is C17H22O6. The maximum absolute atomic E-state index is 12.0. The quantitative estimate of drug-likeness (QED) is 0.260. The lowest BCUT2D eigenvalue weighted by Gasteiger charge is -2.14. The van der Waals surface area contributed by atoms with E-state index >= 15 is 0 Å². The number of benzene rings is 1. The van der Waals surface area contributed by atoms with Gasteiger partial charge in [-0.1, -0.05) is 19.9 Å². The van der Waals surface area contributed by atoms with Crippen LogP contribution in [0, 0.1) is 0 Å². The molecule has 0 saturated heterocycles. The molecule has 0 aromatic heterocycles. The molecule has 0 saturated carbocycles. The first kappa shape index (κ1) is 18.7. The summed E-state index contributed by atoms with van der Waals surface area (Å²) in [7, 11) is 0. The minimum absolute atomic E-state index is 0.0319. The summed E-state index contributed by atoms with van der Waals surface area (Å²) in [6.07, 6.45) is 1.14. The van der Waals surface area contributed by atoms with Crippen molar-refractivity contribution in [2.75, 3.05) is 6.61 Å². The number of hydrogen-bond acceptors (Lipinski definition) is 6. The minimum atomic E-state index is -0.710. The van der Waals surface area contributed by atoms with Gasteiger partial charge in [0.05, 0.1) is 12.2 Å². The van der Waals surface area contributed by atoms with Gasteiger partial charge in [-0.05, 0) is 32.4 Å². The Labute approximate surface area is 135 Å². The molecule has 1 rings (SSSR count). The van der Waals surface area contributed by atoms with Crippen LogP contribution in [-0.2, 0) is 14.3 Å². The lowest BCUT2D eigenvalue weighted by atomic mass is 10.2. The number of rotatable bonds is 8. The first-order chi connectivity index (χ1) is 10.8.